The third kappa shape index (κ3) is 4.24. The molecule has 0 bridgehead atoms. The summed E-state index contributed by atoms with van der Waals surface area (Å²) >= 11 is 0. The van der Waals surface area contributed by atoms with Crippen molar-refractivity contribution >= 4 is 5.91 Å². The molecule has 3 aromatic rings. The summed E-state index contributed by atoms with van der Waals surface area (Å²) in [6, 6.07) is 16.4. The Hall–Kier alpha value is -2.95. The molecule has 1 atom stereocenters. The Bertz CT molecular complexity index is 964. The molecule has 1 unspecified atom stereocenters. The van der Waals surface area contributed by atoms with Gasteiger partial charge >= 0.3 is 0 Å². The zero-order valence-corrected chi connectivity index (χ0v) is 17.2. The van der Waals surface area contributed by atoms with Crippen molar-refractivity contribution in [2.75, 3.05) is 6.54 Å². The van der Waals surface area contributed by atoms with E-state index in [1.54, 1.807) is 0 Å². The Morgan fingerprint density at radius 2 is 1.97 bits per heavy atom. The quantitative estimate of drug-likeness (QED) is 0.616. The van der Waals surface area contributed by atoms with Crippen molar-refractivity contribution in [2.24, 2.45) is 0 Å². The van der Waals surface area contributed by atoms with Crippen LogP contribution in [0.5, 0.6) is 0 Å². The van der Waals surface area contributed by atoms with Gasteiger partial charge in [0.05, 0.1) is 11.7 Å². The van der Waals surface area contributed by atoms with E-state index in [1.165, 1.54) is 5.56 Å². The predicted molar refractivity (Wildman–Crippen MR) is 114 cm³/mol. The fraction of sp³-hybridized carbons (Fsp3) is 0.375. The van der Waals surface area contributed by atoms with Crippen LogP contribution in [0.15, 0.2) is 60.9 Å². The van der Waals surface area contributed by atoms with Gasteiger partial charge in [-0.05, 0) is 37.0 Å². The minimum Gasteiger partial charge on any atom is -0.334 e. The van der Waals surface area contributed by atoms with E-state index in [0.717, 1.165) is 43.1 Å². The molecule has 0 aliphatic carbocycles. The highest BCUT2D eigenvalue weighted by molar-refractivity contribution is 5.77. The number of pyridine rings is 1. The third-order valence-electron chi connectivity index (χ3n) is 5.57. The lowest BCUT2D eigenvalue weighted by atomic mass is 10.1. The van der Waals surface area contributed by atoms with Crippen molar-refractivity contribution in [3.05, 3.63) is 78.0 Å². The van der Waals surface area contributed by atoms with E-state index in [9.17, 15) is 4.79 Å². The van der Waals surface area contributed by atoms with E-state index in [2.05, 4.69) is 31.0 Å². The maximum atomic E-state index is 12.9. The monoisotopic (exact) mass is 388 g/mol. The highest BCUT2D eigenvalue weighted by Crippen LogP contribution is 2.32. The van der Waals surface area contributed by atoms with Crippen LogP contribution < -0.4 is 0 Å². The summed E-state index contributed by atoms with van der Waals surface area (Å²) in [5.74, 6) is 2.40. The lowest BCUT2D eigenvalue weighted by Gasteiger charge is -2.25. The molecule has 1 aliphatic rings. The second-order valence-electron chi connectivity index (χ2n) is 7.96. The third-order valence-corrected chi connectivity index (χ3v) is 5.57. The van der Waals surface area contributed by atoms with Crippen LogP contribution in [0.1, 0.15) is 62.2 Å². The number of aryl methyl sites for hydroxylation is 1. The molecule has 1 amide bonds. The summed E-state index contributed by atoms with van der Waals surface area (Å²) in [6.07, 6.45) is 7.09. The summed E-state index contributed by atoms with van der Waals surface area (Å²) in [6.45, 7) is 5.08. The minimum absolute atomic E-state index is 0.0595. The van der Waals surface area contributed by atoms with Gasteiger partial charge in [-0.15, -0.1) is 0 Å². The normalized spacial score (nSPS) is 16.5. The first-order chi connectivity index (χ1) is 14.1. The number of hydrogen-bond donors (Lipinski definition) is 0. The number of aromatic nitrogens is 3. The Morgan fingerprint density at radius 3 is 2.76 bits per heavy atom. The van der Waals surface area contributed by atoms with Gasteiger partial charge < -0.3 is 4.90 Å². The summed E-state index contributed by atoms with van der Waals surface area (Å²) in [5, 5.41) is 0. The van der Waals surface area contributed by atoms with Gasteiger partial charge in [-0.1, -0.05) is 50.2 Å². The average molecular weight is 389 g/mol. The van der Waals surface area contributed by atoms with Crippen LogP contribution in [0.3, 0.4) is 0 Å². The Kier molecular flexibility index (Phi) is 5.74. The minimum atomic E-state index is 0.0595. The van der Waals surface area contributed by atoms with Gasteiger partial charge in [-0.25, -0.2) is 9.97 Å². The second kappa shape index (κ2) is 8.60. The van der Waals surface area contributed by atoms with Crippen molar-refractivity contribution in [2.45, 2.75) is 51.5 Å². The van der Waals surface area contributed by atoms with Gasteiger partial charge in [0.15, 0.2) is 0 Å². The van der Waals surface area contributed by atoms with Gasteiger partial charge in [0.25, 0.3) is 0 Å². The smallest absolute Gasteiger partial charge is 0.223 e. The van der Waals surface area contributed by atoms with Crippen LogP contribution >= 0.6 is 0 Å². The highest BCUT2D eigenvalue weighted by Gasteiger charge is 2.30. The fourth-order valence-corrected chi connectivity index (χ4v) is 4.11. The zero-order valence-electron chi connectivity index (χ0n) is 17.2. The largest absolute Gasteiger partial charge is 0.334 e. The van der Waals surface area contributed by atoms with Crippen LogP contribution in [0.2, 0.25) is 0 Å². The molecule has 2 aromatic heterocycles. The standard InChI is InChI=1S/C24H28N4O/c1-18(2)24-25-15-17-28(24)22-12-6-10-20(26-22)21-11-7-16-27(21)23(29)14-13-19-8-4-3-5-9-19/h3-6,8-10,12,15,17-18,21H,7,11,13-14,16H2,1-2H3. The lowest BCUT2D eigenvalue weighted by Crippen LogP contribution is -2.31. The summed E-state index contributed by atoms with van der Waals surface area (Å²) < 4.78 is 2.05. The number of rotatable bonds is 6. The number of imidazole rings is 1. The first kappa shape index (κ1) is 19.4. The van der Waals surface area contributed by atoms with E-state index >= 15 is 0 Å². The summed E-state index contributed by atoms with van der Waals surface area (Å²) in [7, 11) is 0. The van der Waals surface area contributed by atoms with Crippen LogP contribution in [0, 0.1) is 0 Å². The maximum Gasteiger partial charge on any atom is 0.223 e. The Balaban J connectivity index is 1.51. The molecule has 1 aromatic carbocycles. The molecule has 0 saturated carbocycles. The molecule has 1 saturated heterocycles. The molecule has 5 nitrogen and oxygen atoms in total. The number of hydrogen-bond acceptors (Lipinski definition) is 3. The SMILES string of the molecule is CC(C)c1nccn1-c1cccc(C2CCCN2C(=O)CCc2ccccc2)n1. The Morgan fingerprint density at radius 1 is 1.14 bits per heavy atom. The Labute approximate surface area is 172 Å². The van der Waals surface area contributed by atoms with Gasteiger partial charge in [-0.2, -0.15) is 0 Å². The number of carbonyl (C=O) groups excluding carboxylic acids is 1. The van der Waals surface area contributed by atoms with Crippen molar-refractivity contribution in [1.29, 1.82) is 0 Å². The maximum absolute atomic E-state index is 12.9. The number of nitrogens with zero attached hydrogens (tertiary/aromatic N) is 4. The van der Waals surface area contributed by atoms with Gasteiger partial charge in [0, 0.05) is 31.3 Å². The summed E-state index contributed by atoms with van der Waals surface area (Å²) in [4.78, 5) is 24.4. The fourth-order valence-electron chi connectivity index (χ4n) is 4.11. The molecule has 3 heterocycles. The molecular formula is C24H28N4O. The first-order valence-corrected chi connectivity index (χ1v) is 10.5. The van der Waals surface area contributed by atoms with Crippen LogP contribution in [0.25, 0.3) is 5.82 Å². The number of benzene rings is 1. The molecule has 1 aliphatic heterocycles. The van der Waals surface area contributed by atoms with E-state index in [-0.39, 0.29) is 11.9 Å². The lowest BCUT2D eigenvalue weighted by molar-refractivity contribution is -0.132. The second-order valence-corrected chi connectivity index (χ2v) is 7.96. The van der Waals surface area contributed by atoms with Gasteiger partial charge in [0.2, 0.25) is 5.91 Å². The highest BCUT2D eigenvalue weighted by atomic mass is 16.2. The average Bonchev–Trinajstić information content (AvgIpc) is 3.42. The van der Waals surface area contributed by atoms with Crippen molar-refractivity contribution in [3.8, 4) is 5.82 Å². The molecule has 1 fully saturated rings. The number of likely N-dealkylation sites (tertiary alicyclic amines) is 1. The number of amides is 1. The van der Waals surface area contributed by atoms with Gasteiger partial charge in [-0.3, -0.25) is 9.36 Å². The van der Waals surface area contributed by atoms with Gasteiger partial charge in [0.1, 0.15) is 11.6 Å². The molecule has 0 N–H and O–H groups in total. The molecule has 5 heteroatoms. The van der Waals surface area contributed by atoms with E-state index in [1.807, 2.05) is 58.3 Å². The van der Waals surface area contributed by atoms with E-state index in [0.29, 0.717) is 12.3 Å². The van der Waals surface area contributed by atoms with Crippen LogP contribution in [0.4, 0.5) is 0 Å². The molecular weight excluding hydrogens is 360 g/mol. The summed E-state index contributed by atoms with van der Waals surface area (Å²) in [5.41, 5.74) is 2.18. The molecule has 4 rings (SSSR count). The molecule has 150 valence electrons. The van der Waals surface area contributed by atoms with Crippen molar-refractivity contribution < 1.29 is 4.79 Å². The predicted octanol–water partition coefficient (Wildman–Crippen LogP) is 4.69. The molecule has 29 heavy (non-hydrogen) atoms. The van der Waals surface area contributed by atoms with Crippen LogP contribution in [-0.4, -0.2) is 31.9 Å². The van der Waals surface area contributed by atoms with E-state index in [4.69, 9.17) is 4.98 Å². The number of carbonyl (C=O) groups is 1. The first-order valence-electron chi connectivity index (χ1n) is 10.5. The van der Waals surface area contributed by atoms with E-state index < -0.39 is 0 Å². The van der Waals surface area contributed by atoms with Crippen molar-refractivity contribution in [1.82, 2.24) is 19.4 Å². The van der Waals surface area contributed by atoms with Crippen molar-refractivity contribution in [3.63, 3.8) is 0 Å². The van der Waals surface area contributed by atoms with Crippen LogP contribution in [-0.2, 0) is 11.2 Å². The molecule has 0 spiro atoms. The molecule has 0 radical (unpaired) electrons. The topological polar surface area (TPSA) is 51.0 Å². The zero-order chi connectivity index (χ0) is 20.2.